The third-order valence-electron chi connectivity index (χ3n) is 4.24. The fraction of sp³-hybridized carbons (Fsp3) is 0.929. The van der Waals surface area contributed by atoms with Crippen LogP contribution in [0.2, 0.25) is 0 Å². The van der Waals surface area contributed by atoms with Crippen molar-refractivity contribution in [3.63, 3.8) is 0 Å². The molecule has 1 aliphatic rings. The van der Waals surface area contributed by atoms with E-state index in [0.29, 0.717) is 30.7 Å². The number of hydrogen-bond acceptors (Lipinski definition) is 2. The first-order valence-corrected chi connectivity index (χ1v) is 6.94. The highest BCUT2D eigenvalue weighted by molar-refractivity contribution is 5.85. The molecule has 1 fully saturated rings. The summed E-state index contributed by atoms with van der Waals surface area (Å²) in [5.74, 6) is 1.81. The molecule has 0 spiro atoms. The molecule has 0 aliphatic heterocycles. The maximum atomic E-state index is 12.1. The number of rotatable bonds is 7. The Kier molecular flexibility index (Phi) is 7.23. The van der Waals surface area contributed by atoms with E-state index in [4.69, 9.17) is 5.73 Å². The highest BCUT2D eigenvalue weighted by Crippen LogP contribution is 2.39. The maximum absolute atomic E-state index is 12.1. The summed E-state index contributed by atoms with van der Waals surface area (Å²) in [6.45, 7) is 9.15. The van der Waals surface area contributed by atoms with Crippen molar-refractivity contribution in [3.05, 3.63) is 0 Å². The van der Waals surface area contributed by atoms with Crippen LogP contribution in [0.5, 0.6) is 0 Å². The van der Waals surface area contributed by atoms with Crippen LogP contribution in [0.4, 0.5) is 0 Å². The van der Waals surface area contributed by atoms with E-state index in [1.54, 1.807) is 0 Å². The van der Waals surface area contributed by atoms with E-state index in [0.717, 1.165) is 6.42 Å². The van der Waals surface area contributed by atoms with Crippen molar-refractivity contribution in [3.8, 4) is 0 Å². The van der Waals surface area contributed by atoms with Gasteiger partial charge in [0.05, 0.1) is 5.54 Å². The molecule has 0 saturated heterocycles. The largest absolute Gasteiger partial charge is 0.349 e. The Hall–Kier alpha value is -0.280. The molecule has 1 amide bonds. The lowest BCUT2D eigenvalue weighted by molar-refractivity contribution is -0.124. The van der Waals surface area contributed by atoms with E-state index in [1.165, 1.54) is 12.8 Å². The molecule has 2 unspecified atom stereocenters. The summed E-state index contributed by atoms with van der Waals surface area (Å²) in [7, 11) is 0. The molecule has 1 aliphatic carbocycles. The molecule has 0 heterocycles. The van der Waals surface area contributed by atoms with E-state index in [-0.39, 0.29) is 23.9 Å². The second-order valence-electron chi connectivity index (χ2n) is 6.06. The summed E-state index contributed by atoms with van der Waals surface area (Å²) in [5, 5.41) is 3.16. The highest BCUT2D eigenvalue weighted by Gasteiger charge is 2.41. The minimum Gasteiger partial charge on any atom is -0.349 e. The van der Waals surface area contributed by atoms with Crippen molar-refractivity contribution in [2.75, 3.05) is 6.54 Å². The van der Waals surface area contributed by atoms with Gasteiger partial charge in [-0.05, 0) is 37.5 Å². The number of nitrogens with one attached hydrogen (secondary N) is 1. The summed E-state index contributed by atoms with van der Waals surface area (Å²) < 4.78 is 0. The molecule has 1 rings (SSSR count). The Balaban J connectivity index is 0.00000289. The van der Waals surface area contributed by atoms with Crippen LogP contribution in [0.3, 0.4) is 0 Å². The molecule has 4 heteroatoms. The summed E-state index contributed by atoms with van der Waals surface area (Å²) in [6, 6.07) is 0. The quantitative estimate of drug-likeness (QED) is 0.751. The zero-order valence-corrected chi connectivity index (χ0v) is 13.0. The number of nitrogens with two attached hydrogens (primary N) is 1. The van der Waals surface area contributed by atoms with Crippen molar-refractivity contribution in [2.24, 2.45) is 23.5 Å². The number of carbonyl (C=O) groups is 1. The summed E-state index contributed by atoms with van der Waals surface area (Å²) in [5.41, 5.74) is 5.63. The summed E-state index contributed by atoms with van der Waals surface area (Å²) in [6.07, 6.45) is 4.11. The van der Waals surface area contributed by atoms with E-state index in [2.05, 4.69) is 33.0 Å². The highest BCUT2D eigenvalue weighted by atomic mass is 35.5. The Morgan fingerprint density at radius 3 is 2.33 bits per heavy atom. The minimum atomic E-state index is -0.174. The lowest BCUT2D eigenvalue weighted by atomic mass is 9.89. The Morgan fingerprint density at radius 1 is 1.44 bits per heavy atom. The van der Waals surface area contributed by atoms with Gasteiger partial charge in [0.25, 0.3) is 0 Å². The van der Waals surface area contributed by atoms with Crippen LogP contribution < -0.4 is 11.1 Å². The van der Waals surface area contributed by atoms with Gasteiger partial charge in [0.2, 0.25) is 5.91 Å². The molecule has 2 atom stereocenters. The first-order valence-electron chi connectivity index (χ1n) is 6.94. The fourth-order valence-corrected chi connectivity index (χ4v) is 2.50. The van der Waals surface area contributed by atoms with Gasteiger partial charge in [-0.1, -0.05) is 27.2 Å². The first kappa shape index (κ1) is 17.7. The van der Waals surface area contributed by atoms with Crippen molar-refractivity contribution in [1.29, 1.82) is 0 Å². The predicted octanol–water partition coefficient (Wildman–Crippen LogP) is 2.72. The second kappa shape index (κ2) is 7.34. The Morgan fingerprint density at radius 2 is 2.00 bits per heavy atom. The lowest BCUT2D eigenvalue weighted by Crippen LogP contribution is -2.53. The van der Waals surface area contributed by atoms with Gasteiger partial charge >= 0.3 is 0 Å². The standard InChI is InChI=1S/C14H28N2O.ClH/c1-5-11(10(2)3)8-13(17)16-14(4,9-15)12-6-7-12;/h10-12H,5-9,15H2,1-4H3,(H,16,17);1H. The molecule has 0 radical (unpaired) electrons. The van der Waals surface area contributed by atoms with Crippen molar-refractivity contribution in [1.82, 2.24) is 5.32 Å². The van der Waals surface area contributed by atoms with Crippen molar-refractivity contribution < 1.29 is 4.79 Å². The first-order chi connectivity index (χ1) is 7.92. The van der Waals surface area contributed by atoms with Gasteiger partial charge in [0.1, 0.15) is 0 Å². The molecule has 0 aromatic rings. The monoisotopic (exact) mass is 276 g/mol. The zero-order chi connectivity index (χ0) is 13.1. The topological polar surface area (TPSA) is 55.1 Å². The van der Waals surface area contributed by atoms with Crippen LogP contribution in [0.1, 0.15) is 53.4 Å². The van der Waals surface area contributed by atoms with Gasteiger partial charge in [0, 0.05) is 13.0 Å². The molecule has 0 aromatic heterocycles. The van der Waals surface area contributed by atoms with Crippen molar-refractivity contribution in [2.45, 2.75) is 58.9 Å². The van der Waals surface area contributed by atoms with Gasteiger partial charge in [-0.25, -0.2) is 0 Å². The summed E-state index contributed by atoms with van der Waals surface area (Å²) in [4.78, 5) is 12.1. The van der Waals surface area contributed by atoms with Gasteiger partial charge in [0.15, 0.2) is 0 Å². The lowest BCUT2D eigenvalue weighted by Gasteiger charge is -2.30. The summed E-state index contributed by atoms with van der Waals surface area (Å²) >= 11 is 0. The van der Waals surface area contributed by atoms with Crippen LogP contribution in [0, 0.1) is 17.8 Å². The number of carbonyl (C=O) groups excluding carboxylic acids is 1. The van der Waals surface area contributed by atoms with Gasteiger partial charge in [-0.3, -0.25) is 4.79 Å². The average Bonchev–Trinajstić information content (AvgIpc) is 3.09. The molecule has 3 N–H and O–H groups in total. The fourth-order valence-electron chi connectivity index (χ4n) is 2.50. The normalized spacial score (nSPS) is 19.9. The Labute approximate surface area is 118 Å². The minimum absolute atomic E-state index is 0. The molecule has 0 aromatic carbocycles. The van der Waals surface area contributed by atoms with Gasteiger partial charge in [-0.2, -0.15) is 0 Å². The van der Waals surface area contributed by atoms with Crippen LogP contribution in [-0.4, -0.2) is 18.0 Å². The third kappa shape index (κ3) is 4.77. The zero-order valence-electron chi connectivity index (χ0n) is 12.2. The molecular formula is C14H29ClN2O. The Bertz CT molecular complexity index is 267. The predicted molar refractivity (Wildman–Crippen MR) is 78.8 cm³/mol. The smallest absolute Gasteiger partial charge is 0.220 e. The van der Waals surface area contributed by atoms with E-state index in [1.807, 2.05) is 0 Å². The molecule has 1 saturated carbocycles. The molecular weight excluding hydrogens is 248 g/mol. The van der Waals surface area contributed by atoms with Crippen LogP contribution in [-0.2, 0) is 4.79 Å². The van der Waals surface area contributed by atoms with Crippen LogP contribution >= 0.6 is 12.4 Å². The third-order valence-corrected chi connectivity index (χ3v) is 4.24. The number of hydrogen-bond donors (Lipinski definition) is 2. The maximum Gasteiger partial charge on any atom is 0.220 e. The van der Waals surface area contributed by atoms with Gasteiger partial charge in [-0.15, -0.1) is 12.4 Å². The van der Waals surface area contributed by atoms with Crippen LogP contribution in [0.15, 0.2) is 0 Å². The molecule has 3 nitrogen and oxygen atoms in total. The van der Waals surface area contributed by atoms with Gasteiger partial charge < -0.3 is 11.1 Å². The second-order valence-corrected chi connectivity index (χ2v) is 6.06. The number of amides is 1. The molecule has 18 heavy (non-hydrogen) atoms. The SMILES string of the molecule is CCC(CC(=O)NC(C)(CN)C1CC1)C(C)C.Cl. The van der Waals surface area contributed by atoms with E-state index >= 15 is 0 Å². The number of halogens is 1. The van der Waals surface area contributed by atoms with Crippen molar-refractivity contribution >= 4 is 18.3 Å². The molecule has 108 valence electrons. The average molecular weight is 277 g/mol. The van der Waals surface area contributed by atoms with E-state index < -0.39 is 0 Å². The van der Waals surface area contributed by atoms with Crippen LogP contribution in [0.25, 0.3) is 0 Å². The molecule has 0 bridgehead atoms. The van der Waals surface area contributed by atoms with E-state index in [9.17, 15) is 4.79 Å².